The van der Waals surface area contributed by atoms with Gasteiger partial charge >= 0.3 is 41.6 Å². The number of esters is 3. The highest BCUT2D eigenvalue weighted by molar-refractivity contribution is 7.86. The first-order valence-electron chi connectivity index (χ1n) is 20.6. The molecular formula is C46H54F10O9S. The fourth-order valence-electron chi connectivity index (χ4n) is 8.23. The van der Waals surface area contributed by atoms with E-state index in [4.69, 9.17) is 4.74 Å². The SMILES string of the molecule is C=C(C)C(=O)OC12CC3CC(CC(CS(=O)(=O)OCCC(F)(F)C(C)(F)F)(C3)C1)C2.C=Cc1ccc(C(=O)OCC(C)(F)F)cc1.C=Cc1ccc(C(=O)OCCC(F)(F)C(C)(F)F)cc1. The van der Waals surface area contributed by atoms with Gasteiger partial charge in [-0.15, -0.1) is 0 Å². The molecule has 2 aromatic rings. The molecule has 0 saturated heterocycles. The van der Waals surface area contributed by atoms with Gasteiger partial charge < -0.3 is 14.2 Å². The van der Waals surface area contributed by atoms with Crippen LogP contribution in [0.5, 0.6) is 0 Å². The minimum atomic E-state index is -4.36. The number of alkyl halides is 10. The number of benzene rings is 2. The summed E-state index contributed by atoms with van der Waals surface area (Å²) in [5.41, 5.74) is 0.875. The summed E-state index contributed by atoms with van der Waals surface area (Å²) in [5, 5.41) is 0. The standard InChI is InChI=1S/C20H28F4O5S.C14H14F4O2.C12H12F2O2/c1-13(2)16(25)29-19-9-14-6-15(10-19)8-18(7-14,11-19)12-30(26,27)28-5-4-20(23,24)17(3,21)22;1-3-10-4-6-11(7-5-10)12(19)20-9-8-14(17,18)13(2,15)16;1-3-9-4-6-10(7-5-9)11(15)16-8-12(2,13)14/h14-15H,1,4-12H2,2-3H3;3-7H,1,8-9H2,2H3;3-7H,1,8H2,2H3. The first-order chi connectivity index (χ1) is 30.2. The van der Waals surface area contributed by atoms with Crippen LogP contribution in [-0.4, -0.2) is 87.1 Å². The molecule has 0 aliphatic heterocycles. The van der Waals surface area contributed by atoms with Crippen molar-refractivity contribution in [3.63, 3.8) is 0 Å². The molecule has 4 aliphatic rings. The van der Waals surface area contributed by atoms with Crippen molar-refractivity contribution in [1.82, 2.24) is 0 Å². The van der Waals surface area contributed by atoms with Gasteiger partial charge in [0.1, 0.15) is 5.60 Å². The van der Waals surface area contributed by atoms with E-state index < -0.39 is 107 Å². The van der Waals surface area contributed by atoms with Crippen LogP contribution in [0.4, 0.5) is 43.9 Å². The van der Waals surface area contributed by atoms with E-state index in [-0.39, 0.29) is 42.4 Å². The van der Waals surface area contributed by atoms with Crippen LogP contribution < -0.4 is 0 Å². The van der Waals surface area contributed by atoms with E-state index in [0.29, 0.717) is 39.0 Å². The van der Waals surface area contributed by atoms with Gasteiger partial charge in [0.05, 0.1) is 36.5 Å². The number of ether oxygens (including phenoxy) is 3. The lowest BCUT2D eigenvalue weighted by Crippen LogP contribution is -2.59. The molecule has 20 heteroatoms. The van der Waals surface area contributed by atoms with E-state index >= 15 is 0 Å². The van der Waals surface area contributed by atoms with Crippen molar-refractivity contribution in [2.45, 2.75) is 114 Å². The molecule has 2 unspecified atom stereocenters. The van der Waals surface area contributed by atoms with Gasteiger partial charge in [-0.25, -0.2) is 40.7 Å². The summed E-state index contributed by atoms with van der Waals surface area (Å²) in [6, 6.07) is 12.4. The summed E-state index contributed by atoms with van der Waals surface area (Å²) in [7, 11) is -4.22. The van der Waals surface area contributed by atoms with E-state index in [9.17, 15) is 66.7 Å². The molecule has 368 valence electrons. The van der Waals surface area contributed by atoms with Crippen molar-refractivity contribution < 1.29 is 85.1 Å². The number of halogens is 10. The maximum atomic E-state index is 13.4. The highest BCUT2D eigenvalue weighted by Crippen LogP contribution is 2.63. The highest BCUT2D eigenvalue weighted by atomic mass is 32.2. The molecule has 4 aliphatic carbocycles. The molecule has 9 nitrogen and oxygen atoms in total. The van der Waals surface area contributed by atoms with E-state index in [1.165, 1.54) is 24.3 Å². The molecule has 0 radical (unpaired) electrons. The molecule has 0 heterocycles. The zero-order valence-corrected chi connectivity index (χ0v) is 37.7. The van der Waals surface area contributed by atoms with Gasteiger partial charge in [-0.3, -0.25) is 4.18 Å². The minimum Gasteiger partial charge on any atom is -0.462 e. The summed E-state index contributed by atoms with van der Waals surface area (Å²) in [6.45, 7) is 10.4. The number of rotatable bonds is 19. The third-order valence-electron chi connectivity index (χ3n) is 11.1. The molecule has 4 bridgehead atoms. The van der Waals surface area contributed by atoms with E-state index in [2.05, 4.69) is 33.4 Å². The fourth-order valence-corrected chi connectivity index (χ4v) is 9.74. The summed E-state index contributed by atoms with van der Waals surface area (Å²) in [4.78, 5) is 34.9. The zero-order valence-electron chi connectivity index (χ0n) is 36.9. The molecule has 2 aromatic carbocycles. The predicted octanol–water partition coefficient (Wildman–Crippen LogP) is 11.8. The van der Waals surface area contributed by atoms with Gasteiger partial charge in [-0.1, -0.05) is 56.2 Å². The second-order valence-corrected chi connectivity index (χ2v) is 19.1. The Bertz CT molecular complexity index is 2130. The van der Waals surface area contributed by atoms with Crippen LogP contribution in [0, 0.1) is 17.3 Å². The van der Waals surface area contributed by atoms with Crippen molar-refractivity contribution in [3.8, 4) is 0 Å². The fraction of sp³-hybridized carbons (Fsp3) is 0.543. The summed E-state index contributed by atoms with van der Waals surface area (Å²) < 4.78 is 173. The van der Waals surface area contributed by atoms with Crippen LogP contribution in [-0.2, 0) is 33.3 Å². The third-order valence-corrected chi connectivity index (χ3v) is 12.6. The van der Waals surface area contributed by atoms with Crippen molar-refractivity contribution >= 4 is 40.2 Å². The van der Waals surface area contributed by atoms with Crippen molar-refractivity contribution in [2.24, 2.45) is 17.3 Å². The lowest BCUT2D eigenvalue weighted by molar-refractivity contribution is -0.204. The lowest BCUT2D eigenvalue weighted by Gasteiger charge is -2.61. The largest absolute Gasteiger partial charge is 0.462 e. The van der Waals surface area contributed by atoms with Crippen molar-refractivity contribution in [1.29, 1.82) is 0 Å². The van der Waals surface area contributed by atoms with Crippen molar-refractivity contribution in [2.75, 3.05) is 25.6 Å². The second kappa shape index (κ2) is 21.5. The Balaban J connectivity index is 0.000000279. The average Bonchev–Trinajstić information content (AvgIpc) is 3.18. The number of carbonyl (C=O) groups is 3. The number of hydrogen-bond acceptors (Lipinski definition) is 9. The highest BCUT2D eigenvalue weighted by Gasteiger charge is 2.61. The van der Waals surface area contributed by atoms with E-state index in [0.717, 1.165) is 17.5 Å². The Morgan fingerprint density at radius 1 is 0.697 bits per heavy atom. The molecule has 2 atom stereocenters. The summed E-state index contributed by atoms with van der Waals surface area (Å²) in [5.74, 6) is -22.1. The van der Waals surface area contributed by atoms with Gasteiger partial charge in [-0.2, -0.15) is 26.0 Å². The summed E-state index contributed by atoms with van der Waals surface area (Å²) >= 11 is 0. The van der Waals surface area contributed by atoms with Crippen LogP contribution >= 0.6 is 0 Å². The number of hydrogen-bond donors (Lipinski definition) is 0. The van der Waals surface area contributed by atoms with Gasteiger partial charge in [-0.05, 0) is 98.1 Å². The molecule has 66 heavy (non-hydrogen) atoms. The second-order valence-electron chi connectivity index (χ2n) is 17.5. The maximum absolute atomic E-state index is 13.4. The summed E-state index contributed by atoms with van der Waals surface area (Å²) in [6.07, 6.45) is 4.45. The zero-order chi connectivity index (χ0) is 50.2. The van der Waals surface area contributed by atoms with Gasteiger partial charge in [0.2, 0.25) is 0 Å². The molecule has 0 spiro atoms. The first kappa shape index (κ1) is 55.6. The van der Waals surface area contributed by atoms with Gasteiger partial charge in [0, 0.05) is 32.8 Å². The van der Waals surface area contributed by atoms with Gasteiger partial charge in [0.25, 0.3) is 16.0 Å². The van der Waals surface area contributed by atoms with E-state index in [1.807, 2.05) is 0 Å². The van der Waals surface area contributed by atoms with E-state index in [1.54, 1.807) is 43.3 Å². The maximum Gasteiger partial charge on any atom is 0.338 e. The third kappa shape index (κ3) is 16.3. The smallest absolute Gasteiger partial charge is 0.338 e. The first-order valence-corrected chi connectivity index (χ1v) is 22.2. The molecule has 0 N–H and O–H groups in total. The molecule has 4 fully saturated rings. The van der Waals surface area contributed by atoms with Crippen LogP contribution in [0.15, 0.2) is 73.8 Å². The monoisotopic (exact) mass is 972 g/mol. The Kier molecular flexibility index (Phi) is 18.1. The molecule has 4 saturated carbocycles. The molecule has 0 amide bonds. The topological polar surface area (TPSA) is 122 Å². The molecular weight excluding hydrogens is 919 g/mol. The Labute approximate surface area is 377 Å². The average molecular weight is 973 g/mol. The van der Waals surface area contributed by atoms with Crippen LogP contribution in [0.2, 0.25) is 0 Å². The Morgan fingerprint density at radius 2 is 1.12 bits per heavy atom. The Hall–Kier alpha value is -4.72. The quantitative estimate of drug-likeness (QED) is 0.0445. The normalized spacial score (nSPS) is 21.5. The van der Waals surface area contributed by atoms with Crippen LogP contribution in [0.3, 0.4) is 0 Å². The van der Waals surface area contributed by atoms with Crippen molar-refractivity contribution in [3.05, 3.63) is 96.1 Å². The molecule has 0 aromatic heterocycles. The van der Waals surface area contributed by atoms with Gasteiger partial charge in [0.15, 0.2) is 6.61 Å². The van der Waals surface area contributed by atoms with Crippen LogP contribution in [0.25, 0.3) is 12.2 Å². The molecule has 6 rings (SSSR count). The lowest BCUT2D eigenvalue weighted by atomic mass is 9.48. The predicted molar refractivity (Wildman–Crippen MR) is 225 cm³/mol. The Morgan fingerprint density at radius 3 is 1.52 bits per heavy atom. The number of carbonyl (C=O) groups excluding carboxylic acids is 3. The minimum absolute atomic E-state index is 0.0859. The van der Waals surface area contributed by atoms with Crippen LogP contribution in [0.1, 0.15) is 111 Å².